The molecule has 2 fully saturated rings. The summed E-state index contributed by atoms with van der Waals surface area (Å²) in [5, 5.41) is 19.3. The number of carbonyl (C=O) groups is 1. The van der Waals surface area contributed by atoms with E-state index in [9.17, 15) is 4.79 Å². The summed E-state index contributed by atoms with van der Waals surface area (Å²) >= 11 is 0. The van der Waals surface area contributed by atoms with Gasteiger partial charge in [-0.2, -0.15) is 15.2 Å². The third-order valence-electron chi connectivity index (χ3n) is 7.09. The van der Waals surface area contributed by atoms with Crippen LogP contribution < -0.4 is 16.0 Å². The van der Waals surface area contributed by atoms with Gasteiger partial charge in [-0.1, -0.05) is 0 Å². The number of aromatic nitrogens is 7. The maximum atomic E-state index is 12.6. The van der Waals surface area contributed by atoms with E-state index in [4.69, 9.17) is 4.74 Å². The lowest BCUT2D eigenvalue weighted by Gasteiger charge is -2.25. The van der Waals surface area contributed by atoms with E-state index in [1.165, 1.54) is 0 Å². The number of ether oxygens (including phenoxy) is 1. The second-order valence-electron chi connectivity index (χ2n) is 9.92. The van der Waals surface area contributed by atoms with Crippen LogP contribution in [0.5, 0.6) is 0 Å². The van der Waals surface area contributed by atoms with E-state index in [1.807, 2.05) is 30.9 Å². The number of anilines is 5. The fraction of sp³-hybridized carbons (Fsp3) is 0.440. The molecule has 6 heterocycles. The molecule has 2 aliphatic rings. The van der Waals surface area contributed by atoms with Gasteiger partial charge in [-0.3, -0.25) is 19.4 Å². The summed E-state index contributed by atoms with van der Waals surface area (Å²) in [6.07, 6.45) is 9.33. The first-order chi connectivity index (χ1) is 18.4. The molecule has 0 aliphatic carbocycles. The van der Waals surface area contributed by atoms with Crippen molar-refractivity contribution in [3.05, 3.63) is 36.5 Å². The van der Waals surface area contributed by atoms with Crippen molar-refractivity contribution in [1.82, 2.24) is 39.4 Å². The molecule has 1 atom stereocenters. The third kappa shape index (κ3) is 4.89. The number of hydrogen-bond donors (Lipinski definition) is 3. The number of carbonyl (C=O) groups excluding carboxylic acids is 1. The number of likely N-dealkylation sites (tertiary alicyclic amines) is 1. The van der Waals surface area contributed by atoms with Gasteiger partial charge in [0, 0.05) is 25.5 Å². The van der Waals surface area contributed by atoms with Crippen LogP contribution in [0.4, 0.5) is 28.8 Å². The minimum atomic E-state index is -0.0429. The molecule has 1 amide bonds. The molecular weight excluding hydrogens is 486 g/mol. The van der Waals surface area contributed by atoms with Gasteiger partial charge in [0.1, 0.15) is 0 Å². The van der Waals surface area contributed by atoms with Crippen molar-refractivity contribution in [2.45, 2.75) is 38.8 Å². The lowest BCUT2D eigenvalue weighted by atomic mass is 10.2. The van der Waals surface area contributed by atoms with Crippen molar-refractivity contribution in [2.24, 2.45) is 7.05 Å². The summed E-state index contributed by atoms with van der Waals surface area (Å²) in [6, 6.07) is 2.58. The van der Waals surface area contributed by atoms with E-state index in [2.05, 4.69) is 52.9 Å². The largest absolute Gasteiger partial charge is 0.377 e. The van der Waals surface area contributed by atoms with Crippen LogP contribution in [0.3, 0.4) is 0 Å². The van der Waals surface area contributed by atoms with E-state index in [0.29, 0.717) is 48.9 Å². The highest BCUT2D eigenvalue weighted by molar-refractivity contribution is 5.93. The molecule has 38 heavy (non-hydrogen) atoms. The summed E-state index contributed by atoms with van der Waals surface area (Å²) in [5.41, 5.74) is 3.62. The van der Waals surface area contributed by atoms with Crippen LogP contribution in [0.25, 0.3) is 11.0 Å². The van der Waals surface area contributed by atoms with Gasteiger partial charge >= 0.3 is 0 Å². The SMILES string of the molecule is Cc1ncc(NC(=O)CN2CCC[C@@H]2C)cc1Nc1nn(C)c2nc(Nc3cnn(C4COC4)c3)ncc12. The molecule has 13 nitrogen and oxygen atoms in total. The predicted molar refractivity (Wildman–Crippen MR) is 143 cm³/mol. The van der Waals surface area contributed by atoms with Gasteiger partial charge in [-0.25, -0.2) is 9.67 Å². The molecule has 4 aromatic rings. The summed E-state index contributed by atoms with van der Waals surface area (Å²) in [4.78, 5) is 28.4. The van der Waals surface area contributed by atoms with Crippen molar-refractivity contribution >= 4 is 45.8 Å². The van der Waals surface area contributed by atoms with E-state index in [1.54, 1.807) is 23.3 Å². The number of pyridine rings is 1. The number of amides is 1. The van der Waals surface area contributed by atoms with E-state index < -0.39 is 0 Å². The predicted octanol–water partition coefficient (Wildman–Crippen LogP) is 2.74. The molecule has 2 aliphatic heterocycles. The van der Waals surface area contributed by atoms with Gasteiger partial charge < -0.3 is 20.7 Å². The smallest absolute Gasteiger partial charge is 0.238 e. The van der Waals surface area contributed by atoms with Crippen LogP contribution in [0.1, 0.15) is 31.5 Å². The Labute approximate surface area is 219 Å². The fourth-order valence-electron chi connectivity index (χ4n) is 4.77. The van der Waals surface area contributed by atoms with Gasteiger partial charge in [-0.05, 0) is 39.3 Å². The molecule has 0 saturated carbocycles. The maximum absolute atomic E-state index is 12.6. The second kappa shape index (κ2) is 9.99. The Hall–Kier alpha value is -4.10. The highest BCUT2D eigenvalue weighted by Gasteiger charge is 2.23. The summed E-state index contributed by atoms with van der Waals surface area (Å²) in [5.74, 6) is 1.01. The molecule has 0 aromatic carbocycles. The Kier molecular flexibility index (Phi) is 6.37. The number of fused-ring (bicyclic) bond motifs is 1. The monoisotopic (exact) mass is 517 g/mol. The van der Waals surface area contributed by atoms with Crippen LogP contribution in [0.15, 0.2) is 30.9 Å². The topological polar surface area (TPSA) is 140 Å². The highest BCUT2D eigenvalue weighted by Crippen LogP contribution is 2.28. The number of nitrogens with one attached hydrogen (secondary N) is 3. The van der Waals surface area contributed by atoms with Crippen molar-refractivity contribution in [3.8, 4) is 0 Å². The zero-order chi connectivity index (χ0) is 26.2. The molecule has 3 N–H and O–H groups in total. The van der Waals surface area contributed by atoms with Crippen LogP contribution in [-0.4, -0.2) is 77.7 Å². The van der Waals surface area contributed by atoms with Gasteiger partial charge in [-0.15, -0.1) is 0 Å². The quantitative estimate of drug-likeness (QED) is 0.320. The Bertz CT molecular complexity index is 1480. The number of hydrogen-bond acceptors (Lipinski definition) is 10. The number of nitrogens with zero attached hydrogens (tertiary/aromatic N) is 8. The molecule has 0 spiro atoms. The second-order valence-corrected chi connectivity index (χ2v) is 9.92. The average molecular weight is 518 g/mol. The molecule has 0 radical (unpaired) electrons. The number of rotatable bonds is 8. The lowest BCUT2D eigenvalue weighted by molar-refractivity contribution is -0.117. The molecule has 6 rings (SSSR count). The van der Waals surface area contributed by atoms with Gasteiger partial charge in [0.15, 0.2) is 11.5 Å². The van der Waals surface area contributed by atoms with Gasteiger partial charge in [0.2, 0.25) is 11.9 Å². The van der Waals surface area contributed by atoms with Gasteiger partial charge in [0.05, 0.1) is 66.3 Å². The molecule has 0 bridgehead atoms. The minimum absolute atomic E-state index is 0.0429. The summed E-state index contributed by atoms with van der Waals surface area (Å²) in [7, 11) is 1.83. The zero-order valence-corrected chi connectivity index (χ0v) is 21.7. The lowest BCUT2D eigenvalue weighted by Crippen LogP contribution is -2.35. The van der Waals surface area contributed by atoms with Crippen LogP contribution in [0, 0.1) is 6.92 Å². The van der Waals surface area contributed by atoms with Crippen LogP contribution in [0.2, 0.25) is 0 Å². The van der Waals surface area contributed by atoms with Crippen LogP contribution >= 0.6 is 0 Å². The molecule has 2 saturated heterocycles. The summed E-state index contributed by atoms with van der Waals surface area (Å²) in [6.45, 7) is 6.76. The highest BCUT2D eigenvalue weighted by atomic mass is 16.5. The Balaban J connectivity index is 1.16. The van der Waals surface area contributed by atoms with Crippen molar-refractivity contribution in [2.75, 3.05) is 42.3 Å². The Morgan fingerprint density at radius 1 is 1.16 bits per heavy atom. The first-order valence-corrected chi connectivity index (χ1v) is 12.8. The maximum Gasteiger partial charge on any atom is 0.238 e. The molecule has 4 aromatic heterocycles. The minimum Gasteiger partial charge on any atom is -0.377 e. The molecule has 0 unspecified atom stereocenters. The van der Waals surface area contributed by atoms with E-state index >= 15 is 0 Å². The molecule has 198 valence electrons. The standard InChI is InChI=1S/C25H31N11O2/c1-15-5-4-6-35(15)12-22(37)29-17-7-21(16(2)26-8-17)31-23-20-10-27-25(32-24(20)34(3)33-23)30-18-9-28-36(11-18)19-13-38-14-19/h7-11,15,19H,4-6,12-14H2,1-3H3,(H,29,37)(H,31,33)(H,27,30,32)/t15-/m0/s1. The first-order valence-electron chi connectivity index (χ1n) is 12.8. The number of aryl methyl sites for hydroxylation is 2. The van der Waals surface area contributed by atoms with Gasteiger partial charge in [0.25, 0.3) is 0 Å². The normalized spacial score (nSPS) is 18.0. The van der Waals surface area contributed by atoms with Crippen LogP contribution in [-0.2, 0) is 16.6 Å². The third-order valence-corrected chi connectivity index (χ3v) is 7.09. The first kappa shape index (κ1) is 24.2. The fourth-order valence-corrected chi connectivity index (χ4v) is 4.77. The molecular formula is C25H31N11O2. The van der Waals surface area contributed by atoms with E-state index in [0.717, 1.165) is 41.8 Å². The zero-order valence-electron chi connectivity index (χ0n) is 21.7. The van der Waals surface area contributed by atoms with Crippen molar-refractivity contribution in [3.63, 3.8) is 0 Å². The summed E-state index contributed by atoms with van der Waals surface area (Å²) < 4.78 is 8.82. The average Bonchev–Trinajstić information content (AvgIpc) is 3.55. The van der Waals surface area contributed by atoms with Crippen molar-refractivity contribution < 1.29 is 9.53 Å². The Morgan fingerprint density at radius 3 is 2.79 bits per heavy atom. The van der Waals surface area contributed by atoms with E-state index in [-0.39, 0.29) is 11.9 Å². The Morgan fingerprint density at radius 2 is 2.03 bits per heavy atom. The molecule has 13 heteroatoms. The van der Waals surface area contributed by atoms with Crippen molar-refractivity contribution in [1.29, 1.82) is 0 Å².